The van der Waals surface area contributed by atoms with Crippen LogP contribution in [0.15, 0.2) is 36.5 Å². The molecule has 0 spiro atoms. The van der Waals surface area contributed by atoms with E-state index in [1.165, 1.54) is 0 Å². The zero-order valence-corrected chi connectivity index (χ0v) is 23.5. The van der Waals surface area contributed by atoms with Crippen LogP contribution < -0.4 is 10.2 Å². The van der Waals surface area contributed by atoms with Crippen LogP contribution in [0.25, 0.3) is 32.9 Å². The number of phenols is 1. The van der Waals surface area contributed by atoms with Crippen molar-refractivity contribution in [1.82, 2.24) is 25.2 Å². The van der Waals surface area contributed by atoms with E-state index in [1.54, 1.807) is 18.3 Å². The number of aromatic hydroxyl groups is 1. The Kier molecular flexibility index (Phi) is 5.89. The molecule has 0 saturated carbocycles. The largest absolute Gasteiger partial charge is 0.508 e. The molecule has 214 valence electrons. The van der Waals surface area contributed by atoms with Gasteiger partial charge in [0.2, 0.25) is 5.82 Å². The zero-order chi connectivity index (χ0) is 28.6. The Morgan fingerprint density at radius 1 is 1.21 bits per heavy atom. The van der Waals surface area contributed by atoms with Crippen LogP contribution in [-0.4, -0.2) is 74.9 Å². The number of hydrogen-bond acceptors (Lipinski definition) is 7. The van der Waals surface area contributed by atoms with Crippen molar-refractivity contribution in [2.24, 2.45) is 0 Å². The fraction of sp³-hybridized carbons (Fsp3) is 0.424. The number of fused-ring (bicyclic) bond motifs is 5. The molecular formula is C33H32F2N6O. The topological polar surface area (TPSA) is 77.4 Å². The number of anilines is 1. The Balaban J connectivity index is 1.33. The van der Waals surface area contributed by atoms with E-state index in [-0.39, 0.29) is 28.8 Å². The first kappa shape index (κ1) is 25.8. The third-order valence-electron chi connectivity index (χ3n) is 9.69. The van der Waals surface area contributed by atoms with E-state index < -0.39 is 17.5 Å². The number of hydrogen-bond donors (Lipinski definition) is 2. The number of alkyl halides is 1. The summed E-state index contributed by atoms with van der Waals surface area (Å²) in [5, 5.41) is 16.3. The average Bonchev–Trinajstić information content (AvgIpc) is 3.77. The first-order valence-corrected chi connectivity index (χ1v) is 15.0. The number of nitrogens with one attached hydrogen (secondary N) is 1. The number of piperazine rings is 1. The molecule has 4 atom stereocenters. The number of halogens is 2. The van der Waals surface area contributed by atoms with Crippen LogP contribution in [0.4, 0.5) is 14.6 Å². The molecule has 0 unspecified atom stereocenters. The van der Waals surface area contributed by atoms with E-state index in [1.807, 2.05) is 18.2 Å². The second kappa shape index (κ2) is 9.58. The molecule has 0 aliphatic carbocycles. The van der Waals surface area contributed by atoms with Crippen LogP contribution in [0.5, 0.6) is 5.75 Å². The van der Waals surface area contributed by atoms with Crippen molar-refractivity contribution in [1.29, 1.82) is 0 Å². The van der Waals surface area contributed by atoms with Gasteiger partial charge in [-0.1, -0.05) is 31.0 Å². The molecule has 4 aromatic rings. The smallest absolute Gasteiger partial charge is 0.207 e. The molecule has 42 heavy (non-hydrogen) atoms. The van der Waals surface area contributed by atoms with Crippen molar-refractivity contribution in [3.8, 4) is 28.8 Å². The van der Waals surface area contributed by atoms with Gasteiger partial charge < -0.3 is 15.3 Å². The maximum Gasteiger partial charge on any atom is 0.207 e. The predicted octanol–water partition coefficient (Wildman–Crippen LogP) is 4.73. The third kappa shape index (κ3) is 3.96. The van der Waals surface area contributed by atoms with Gasteiger partial charge in [0.15, 0.2) is 5.82 Å². The zero-order valence-electron chi connectivity index (χ0n) is 23.5. The minimum Gasteiger partial charge on any atom is -0.508 e. The van der Waals surface area contributed by atoms with Gasteiger partial charge in [-0.3, -0.25) is 9.88 Å². The maximum atomic E-state index is 16.7. The van der Waals surface area contributed by atoms with Gasteiger partial charge in [0.1, 0.15) is 28.9 Å². The van der Waals surface area contributed by atoms with E-state index in [9.17, 15) is 9.50 Å². The Hall–Kier alpha value is -3.87. The summed E-state index contributed by atoms with van der Waals surface area (Å²) in [7, 11) is 0. The van der Waals surface area contributed by atoms with E-state index in [2.05, 4.69) is 43.8 Å². The summed E-state index contributed by atoms with van der Waals surface area (Å²) in [5.41, 5.74) is 1.36. The lowest BCUT2D eigenvalue weighted by molar-refractivity contribution is 0.255. The molecule has 4 aliphatic heterocycles. The quantitative estimate of drug-likeness (QED) is 0.347. The SMILES string of the molecule is CCc1cccc2cc(O)cc(-c3ncc4c(N5C[C@@H]6C[C@H]5CN6)nc(C#C[C@@]56CCCN5C[C@H](F)C6)nc4c3F)c12. The summed E-state index contributed by atoms with van der Waals surface area (Å²) in [4.78, 5) is 18.6. The van der Waals surface area contributed by atoms with Crippen LogP contribution in [-0.2, 0) is 6.42 Å². The highest BCUT2D eigenvalue weighted by Gasteiger charge is 2.47. The highest BCUT2D eigenvalue weighted by atomic mass is 19.1. The highest BCUT2D eigenvalue weighted by molar-refractivity contribution is 6.01. The van der Waals surface area contributed by atoms with Crippen LogP contribution in [0.3, 0.4) is 0 Å². The molecule has 6 heterocycles. The molecule has 8 rings (SSSR count). The van der Waals surface area contributed by atoms with E-state index in [0.29, 0.717) is 35.8 Å². The van der Waals surface area contributed by atoms with Crippen LogP contribution in [0.2, 0.25) is 0 Å². The molecule has 0 amide bonds. The van der Waals surface area contributed by atoms with Crippen molar-refractivity contribution in [3.63, 3.8) is 0 Å². The predicted molar refractivity (Wildman–Crippen MR) is 159 cm³/mol. The first-order chi connectivity index (χ1) is 20.4. The molecule has 4 fully saturated rings. The van der Waals surface area contributed by atoms with Crippen molar-refractivity contribution in [3.05, 3.63) is 53.7 Å². The Bertz CT molecular complexity index is 1820. The van der Waals surface area contributed by atoms with Gasteiger partial charge in [-0.15, -0.1) is 0 Å². The van der Waals surface area contributed by atoms with Crippen molar-refractivity contribution in [2.75, 3.05) is 31.1 Å². The Morgan fingerprint density at radius 2 is 2.12 bits per heavy atom. The van der Waals surface area contributed by atoms with Gasteiger partial charge in [-0.25, -0.2) is 18.7 Å². The molecular weight excluding hydrogens is 534 g/mol. The molecule has 9 heteroatoms. The van der Waals surface area contributed by atoms with Crippen LogP contribution in [0, 0.1) is 17.7 Å². The number of pyridine rings is 1. The number of nitrogens with zero attached hydrogens (tertiary/aromatic N) is 5. The van der Waals surface area contributed by atoms with Crippen molar-refractivity contribution < 1.29 is 13.9 Å². The van der Waals surface area contributed by atoms with Gasteiger partial charge in [0, 0.05) is 49.9 Å². The summed E-state index contributed by atoms with van der Waals surface area (Å²) in [5.74, 6) is 6.87. The van der Waals surface area contributed by atoms with E-state index >= 15 is 4.39 Å². The molecule has 4 saturated heterocycles. The molecule has 0 radical (unpaired) electrons. The third-order valence-corrected chi connectivity index (χ3v) is 9.69. The van der Waals surface area contributed by atoms with E-state index in [4.69, 9.17) is 4.98 Å². The molecule has 2 aromatic carbocycles. The lowest BCUT2D eigenvalue weighted by atomic mass is 9.94. The number of aryl methyl sites for hydroxylation is 1. The number of aromatic nitrogens is 3. The normalized spacial score (nSPS) is 26.7. The molecule has 4 aliphatic rings. The average molecular weight is 567 g/mol. The summed E-state index contributed by atoms with van der Waals surface area (Å²) in [6, 6.07) is 9.76. The number of phenolic OH excluding ortho intramolecular Hbond substituents is 1. The van der Waals surface area contributed by atoms with Crippen LogP contribution >= 0.6 is 0 Å². The minimum absolute atomic E-state index is 0.0469. The summed E-state index contributed by atoms with van der Waals surface area (Å²) in [6.45, 7) is 4.91. The molecule has 2 N–H and O–H groups in total. The summed E-state index contributed by atoms with van der Waals surface area (Å²) in [6.07, 6.45) is 4.70. The molecule has 2 aromatic heterocycles. The van der Waals surface area contributed by atoms with Gasteiger partial charge in [-0.2, -0.15) is 0 Å². The number of benzene rings is 2. The fourth-order valence-corrected chi connectivity index (χ4v) is 7.76. The van der Waals surface area contributed by atoms with Gasteiger partial charge in [0.05, 0.1) is 10.9 Å². The maximum absolute atomic E-state index is 16.7. The van der Waals surface area contributed by atoms with Crippen LogP contribution in [0.1, 0.15) is 44.0 Å². The summed E-state index contributed by atoms with van der Waals surface area (Å²) >= 11 is 0. The molecule has 7 nitrogen and oxygen atoms in total. The van der Waals surface area contributed by atoms with Gasteiger partial charge in [-0.05, 0) is 66.6 Å². The van der Waals surface area contributed by atoms with Crippen molar-refractivity contribution >= 4 is 27.5 Å². The summed E-state index contributed by atoms with van der Waals surface area (Å²) < 4.78 is 31.1. The van der Waals surface area contributed by atoms with Crippen molar-refractivity contribution in [2.45, 2.75) is 62.8 Å². The van der Waals surface area contributed by atoms with E-state index in [0.717, 1.165) is 61.7 Å². The standard InChI is InChI=1S/C33H32F2N6O/c1-2-19-5-3-6-20-11-24(42)13-25(28(19)20)30-29(35)31-26(16-37-30)32(41-18-22-12-23(41)15-36-22)39-27(38-31)7-9-33-8-4-10-40(33)17-21(34)14-33/h3,5-6,11,13,16,21-23,36,42H,2,4,8,10,12,14-15,17-18H2,1H3/t21-,22+,23+,33-/m1/s1. The second-order valence-corrected chi connectivity index (χ2v) is 12.2. The Labute approximate surface area is 243 Å². The fourth-order valence-electron chi connectivity index (χ4n) is 7.76. The highest BCUT2D eigenvalue weighted by Crippen LogP contribution is 2.41. The van der Waals surface area contributed by atoms with Gasteiger partial charge in [0.25, 0.3) is 0 Å². The second-order valence-electron chi connectivity index (χ2n) is 12.2. The molecule has 2 bridgehead atoms. The lowest BCUT2D eigenvalue weighted by Gasteiger charge is -2.29. The lowest BCUT2D eigenvalue weighted by Crippen LogP contribution is -2.44. The first-order valence-electron chi connectivity index (χ1n) is 15.0. The van der Waals surface area contributed by atoms with Gasteiger partial charge >= 0.3 is 0 Å². The Morgan fingerprint density at radius 3 is 2.93 bits per heavy atom. The number of rotatable bonds is 3. The monoisotopic (exact) mass is 566 g/mol. The minimum atomic E-state index is -0.892.